The number of diazo groups is 1. The van der Waals surface area contributed by atoms with Crippen LogP contribution in [0, 0.1) is 10.9 Å². The summed E-state index contributed by atoms with van der Waals surface area (Å²) in [6.45, 7) is 0. The standard InChI is InChI=1S/C23H14N6O8S/c24-28-26-20-19-15(22(33)23(34)21(20)27-29-25)2-1-3-18(19)38(35,36)37-14-7-5-12(17(32)10-14)8-11-4-6-13(30)9-16(11)31/h1-7,9-10,25H,8H2,(H2-,30,31,32)/p+1. The monoisotopic (exact) mass is 535 g/mol. The van der Waals surface area contributed by atoms with Gasteiger partial charge in [0.05, 0.1) is 0 Å². The fourth-order valence-electron chi connectivity index (χ4n) is 3.74. The second kappa shape index (κ2) is 9.87. The van der Waals surface area contributed by atoms with Gasteiger partial charge in [0.25, 0.3) is 10.8 Å². The van der Waals surface area contributed by atoms with E-state index in [0.29, 0.717) is 11.1 Å². The minimum atomic E-state index is -4.76. The molecule has 38 heavy (non-hydrogen) atoms. The molecule has 0 aliphatic carbocycles. The summed E-state index contributed by atoms with van der Waals surface area (Å²) in [6, 6.07) is 10.9. The Labute approximate surface area is 211 Å². The lowest BCUT2D eigenvalue weighted by Crippen LogP contribution is -2.48. The van der Waals surface area contributed by atoms with Gasteiger partial charge in [0, 0.05) is 29.3 Å². The van der Waals surface area contributed by atoms with Crippen LogP contribution in [-0.2, 0) is 16.5 Å². The molecule has 0 heterocycles. The summed E-state index contributed by atoms with van der Waals surface area (Å²) in [4.78, 5) is 24.3. The van der Waals surface area contributed by atoms with Gasteiger partial charge in [-0.15, -0.1) is 5.10 Å². The number of phenols is 3. The SMILES string of the molecule is N#[N+]N=c1c(=NN=N)c(=O)c(=O)c2cccc(S(=O)(=O)Oc3ccc(Cc4ccc(O)cc4O)c(O)c3)c12. The van der Waals surface area contributed by atoms with E-state index in [0.717, 1.165) is 24.3 Å². The molecule has 0 saturated heterocycles. The predicted octanol–water partition coefficient (Wildman–Crippen LogP) is 1.43. The molecule has 0 aliphatic rings. The van der Waals surface area contributed by atoms with Gasteiger partial charge in [-0.2, -0.15) is 13.9 Å². The fourth-order valence-corrected chi connectivity index (χ4v) is 4.89. The van der Waals surface area contributed by atoms with E-state index >= 15 is 0 Å². The summed E-state index contributed by atoms with van der Waals surface area (Å²) in [5.41, 5.74) is 5.17. The van der Waals surface area contributed by atoms with Crippen molar-refractivity contribution in [3.05, 3.63) is 102 Å². The van der Waals surface area contributed by atoms with Crippen LogP contribution in [0.4, 0.5) is 0 Å². The molecule has 4 aromatic rings. The van der Waals surface area contributed by atoms with Crippen LogP contribution in [0.5, 0.6) is 23.0 Å². The third-order valence-corrected chi connectivity index (χ3v) is 6.72. The topological polar surface area (TPSA) is 227 Å². The molecule has 4 N–H and O–H groups in total. The predicted molar refractivity (Wildman–Crippen MR) is 129 cm³/mol. The Bertz CT molecular complexity index is 2010. The van der Waals surface area contributed by atoms with E-state index in [1.54, 1.807) is 0 Å². The van der Waals surface area contributed by atoms with Gasteiger partial charge in [0.15, 0.2) is 15.8 Å². The molecule has 15 heteroatoms. The lowest BCUT2D eigenvalue weighted by atomic mass is 10.0. The van der Waals surface area contributed by atoms with Gasteiger partial charge in [-0.25, -0.2) is 0 Å². The van der Waals surface area contributed by atoms with E-state index in [2.05, 4.69) is 20.5 Å². The van der Waals surface area contributed by atoms with Crippen molar-refractivity contribution in [3.8, 4) is 23.0 Å². The average molecular weight is 535 g/mol. The van der Waals surface area contributed by atoms with Crippen molar-refractivity contribution in [1.82, 2.24) is 0 Å². The molecular formula is C23H15N6O8S+. The number of nitrogens with one attached hydrogen (secondary N) is 1. The molecule has 0 aromatic heterocycles. The Hall–Kier alpha value is -5.49. The van der Waals surface area contributed by atoms with E-state index in [1.165, 1.54) is 30.3 Å². The molecule has 0 spiro atoms. The summed E-state index contributed by atoms with van der Waals surface area (Å²) in [7, 11) is -4.76. The molecule has 0 bridgehead atoms. The molecule has 0 unspecified atom stereocenters. The minimum Gasteiger partial charge on any atom is -0.508 e. The maximum Gasteiger partial charge on any atom is 0.339 e. The Morgan fingerprint density at radius 2 is 1.61 bits per heavy atom. The molecule has 14 nitrogen and oxygen atoms in total. The van der Waals surface area contributed by atoms with Crippen LogP contribution in [-0.4, -0.2) is 23.7 Å². The summed E-state index contributed by atoms with van der Waals surface area (Å²) in [5.74, 6) is -1.04. The number of rotatable bonds is 6. The van der Waals surface area contributed by atoms with E-state index in [-0.39, 0.29) is 29.4 Å². The highest BCUT2D eigenvalue weighted by atomic mass is 32.2. The average Bonchev–Trinajstić information content (AvgIpc) is 2.87. The van der Waals surface area contributed by atoms with Gasteiger partial charge in [-0.05, 0) is 29.3 Å². The molecule has 0 saturated carbocycles. The Morgan fingerprint density at radius 1 is 0.921 bits per heavy atom. The van der Waals surface area contributed by atoms with Crippen LogP contribution < -0.4 is 25.8 Å². The Morgan fingerprint density at radius 3 is 2.24 bits per heavy atom. The van der Waals surface area contributed by atoms with Crippen molar-refractivity contribution in [3.63, 3.8) is 0 Å². The van der Waals surface area contributed by atoms with Gasteiger partial charge < -0.3 is 19.5 Å². The first-order chi connectivity index (χ1) is 18.1. The van der Waals surface area contributed by atoms with Gasteiger partial charge in [0.1, 0.15) is 27.9 Å². The smallest absolute Gasteiger partial charge is 0.339 e. The molecular weight excluding hydrogens is 520 g/mol. The maximum absolute atomic E-state index is 13.2. The lowest BCUT2D eigenvalue weighted by Gasteiger charge is -2.11. The molecule has 4 rings (SSSR count). The third-order valence-electron chi connectivity index (χ3n) is 5.43. The minimum absolute atomic E-state index is 0.0426. The Kier molecular flexibility index (Phi) is 6.65. The first-order valence-corrected chi connectivity index (χ1v) is 11.8. The van der Waals surface area contributed by atoms with Gasteiger partial charge >= 0.3 is 15.2 Å². The van der Waals surface area contributed by atoms with Gasteiger partial charge in [0.2, 0.25) is 5.43 Å². The second-order valence-electron chi connectivity index (χ2n) is 7.74. The Balaban J connectivity index is 1.82. The second-order valence-corrected chi connectivity index (χ2v) is 9.26. The molecule has 0 amide bonds. The number of hydrogen-bond acceptors (Lipinski definition) is 12. The van der Waals surface area contributed by atoms with Gasteiger partial charge in [-0.3, -0.25) is 9.59 Å². The third kappa shape index (κ3) is 4.66. The van der Waals surface area contributed by atoms with Crippen molar-refractivity contribution in [2.45, 2.75) is 11.3 Å². The highest BCUT2D eigenvalue weighted by Crippen LogP contribution is 2.31. The van der Waals surface area contributed by atoms with Crippen molar-refractivity contribution in [2.24, 2.45) is 15.4 Å². The number of benzene rings is 4. The van der Waals surface area contributed by atoms with Crippen LogP contribution in [0.15, 0.2) is 84.5 Å². The molecule has 4 aromatic carbocycles. The zero-order valence-electron chi connectivity index (χ0n) is 18.9. The highest BCUT2D eigenvalue weighted by molar-refractivity contribution is 7.87. The number of fused-ring (bicyclic) bond motifs is 1. The zero-order valence-corrected chi connectivity index (χ0v) is 19.7. The molecule has 190 valence electrons. The van der Waals surface area contributed by atoms with Crippen LogP contribution in [0.3, 0.4) is 0 Å². The van der Waals surface area contributed by atoms with Crippen molar-refractivity contribution in [1.29, 1.82) is 10.9 Å². The molecule has 0 fully saturated rings. The molecule has 0 radical (unpaired) electrons. The summed E-state index contributed by atoms with van der Waals surface area (Å²) >= 11 is 0. The van der Waals surface area contributed by atoms with E-state index in [9.17, 15) is 33.3 Å². The van der Waals surface area contributed by atoms with E-state index in [1.807, 2.05) is 0 Å². The number of aromatic hydroxyl groups is 3. The van der Waals surface area contributed by atoms with E-state index in [4.69, 9.17) is 15.1 Å². The van der Waals surface area contributed by atoms with Crippen LogP contribution in [0.2, 0.25) is 0 Å². The van der Waals surface area contributed by atoms with Crippen LogP contribution in [0.25, 0.3) is 15.9 Å². The normalized spacial score (nSPS) is 12.4. The molecule has 0 aliphatic heterocycles. The number of hydrogen-bond donors (Lipinski definition) is 4. The summed E-state index contributed by atoms with van der Waals surface area (Å²) in [5, 5.41) is 48.3. The highest BCUT2D eigenvalue weighted by Gasteiger charge is 2.25. The summed E-state index contributed by atoms with van der Waals surface area (Å²) in [6.07, 6.45) is 0.0426. The zero-order chi connectivity index (χ0) is 27.6. The van der Waals surface area contributed by atoms with Crippen LogP contribution in [0.1, 0.15) is 11.1 Å². The summed E-state index contributed by atoms with van der Waals surface area (Å²) < 4.78 is 31.6. The first-order valence-electron chi connectivity index (χ1n) is 10.4. The van der Waals surface area contributed by atoms with Crippen molar-refractivity contribution < 1.29 is 27.9 Å². The van der Waals surface area contributed by atoms with Crippen molar-refractivity contribution >= 4 is 20.9 Å². The fraction of sp³-hybridized carbons (Fsp3) is 0.0435. The first kappa shape index (κ1) is 25.6. The quantitative estimate of drug-likeness (QED) is 0.0918. The maximum atomic E-state index is 13.2. The molecule has 0 atom stereocenters. The largest absolute Gasteiger partial charge is 0.508 e. The number of nitrogens with zero attached hydrogens (tertiary/aromatic N) is 5. The van der Waals surface area contributed by atoms with Gasteiger partial charge in [-0.1, -0.05) is 29.5 Å². The van der Waals surface area contributed by atoms with Crippen LogP contribution >= 0.6 is 0 Å². The lowest BCUT2D eigenvalue weighted by molar-refractivity contribution is 0.445. The number of phenolic OH excluding ortho intramolecular Hbond substituents is 3. The van der Waals surface area contributed by atoms with E-state index < -0.39 is 47.4 Å². The van der Waals surface area contributed by atoms with Crippen molar-refractivity contribution in [2.75, 3.05) is 0 Å².